The molecule has 2 aliphatic rings. The van der Waals surface area contributed by atoms with Gasteiger partial charge in [-0.3, -0.25) is 9.59 Å². The van der Waals surface area contributed by atoms with Crippen molar-refractivity contribution in [1.29, 1.82) is 0 Å². The molecule has 1 amide bonds. The van der Waals surface area contributed by atoms with Crippen molar-refractivity contribution in [2.45, 2.75) is 96.8 Å². The first-order valence-corrected chi connectivity index (χ1v) is 12.2. The van der Waals surface area contributed by atoms with Gasteiger partial charge < -0.3 is 10.1 Å². The van der Waals surface area contributed by atoms with Crippen molar-refractivity contribution >= 4 is 29.0 Å². The quantitative estimate of drug-likeness (QED) is 0.371. The van der Waals surface area contributed by atoms with Crippen LogP contribution in [0.15, 0.2) is 12.1 Å². The fraction of sp³-hybridized carbons (Fsp3) is 0.680. The van der Waals surface area contributed by atoms with Crippen LogP contribution in [0.4, 0.5) is 5.69 Å². The van der Waals surface area contributed by atoms with E-state index in [4.69, 9.17) is 16.3 Å². The third-order valence-corrected chi connectivity index (χ3v) is 7.09. The molecule has 0 bridgehead atoms. The van der Waals surface area contributed by atoms with Gasteiger partial charge in [-0.1, -0.05) is 82.7 Å². The number of ketones is 1. The summed E-state index contributed by atoms with van der Waals surface area (Å²) in [5.74, 6) is 0.519. The standard InChI is InChI=1S/C25H36ClNO3/c1-2-3-4-5-6-7-8-9-15-25(16-10-11-17-25)24(29)27-22-20(26)13-12-19-21(28)14-18-30-23(19)22/h12-13H,2-11,14-18H2,1H3,(H,27,29). The van der Waals surface area contributed by atoms with E-state index in [2.05, 4.69) is 12.2 Å². The average molecular weight is 434 g/mol. The second-order valence-corrected chi connectivity index (χ2v) is 9.39. The van der Waals surface area contributed by atoms with E-state index in [9.17, 15) is 9.59 Å². The number of nitrogens with one attached hydrogen (secondary N) is 1. The molecule has 0 unspecified atom stereocenters. The maximum atomic E-state index is 13.4. The Labute approximate surface area is 186 Å². The molecule has 0 atom stereocenters. The number of hydrogen-bond acceptors (Lipinski definition) is 3. The van der Waals surface area contributed by atoms with Gasteiger partial charge >= 0.3 is 0 Å². The molecule has 3 rings (SSSR count). The second kappa shape index (κ2) is 11.2. The zero-order chi connectivity index (χ0) is 21.4. The summed E-state index contributed by atoms with van der Waals surface area (Å²) in [6.45, 7) is 2.58. The molecular weight excluding hydrogens is 398 g/mol. The van der Waals surface area contributed by atoms with E-state index in [1.165, 1.54) is 44.9 Å². The minimum atomic E-state index is -0.313. The summed E-state index contributed by atoms with van der Waals surface area (Å²) < 4.78 is 5.74. The highest BCUT2D eigenvalue weighted by molar-refractivity contribution is 6.34. The number of hydrogen-bond donors (Lipinski definition) is 1. The van der Waals surface area contributed by atoms with E-state index >= 15 is 0 Å². The molecule has 1 saturated carbocycles. The summed E-state index contributed by atoms with van der Waals surface area (Å²) in [7, 11) is 0. The van der Waals surface area contributed by atoms with Crippen molar-refractivity contribution in [3.05, 3.63) is 22.7 Å². The van der Waals surface area contributed by atoms with Crippen LogP contribution in [0.5, 0.6) is 5.75 Å². The van der Waals surface area contributed by atoms with E-state index < -0.39 is 0 Å². The maximum Gasteiger partial charge on any atom is 0.230 e. The molecule has 166 valence electrons. The van der Waals surface area contributed by atoms with Gasteiger partial charge in [-0.2, -0.15) is 0 Å². The Morgan fingerprint density at radius 1 is 1.07 bits per heavy atom. The van der Waals surface area contributed by atoms with Gasteiger partial charge in [0.05, 0.1) is 17.2 Å². The summed E-state index contributed by atoms with van der Waals surface area (Å²) in [4.78, 5) is 25.6. The fourth-order valence-corrected chi connectivity index (χ4v) is 5.11. The van der Waals surface area contributed by atoms with Crippen molar-refractivity contribution < 1.29 is 14.3 Å². The van der Waals surface area contributed by atoms with Gasteiger partial charge in [-0.15, -0.1) is 0 Å². The highest BCUT2D eigenvalue weighted by atomic mass is 35.5. The highest BCUT2D eigenvalue weighted by Gasteiger charge is 2.41. The second-order valence-electron chi connectivity index (χ2n) is 8.99. The maximum absolute atomic E-state index is 13.4. The Bertz CT molecular complexity index is 740. The van der Waals surface area contributed by atoms with E-state index in [1.54, 1.807) is 12.1 Å². The number of amides is 1. The van der Waals surface area contributed by atoms with Gasteiger partial charge in [-0.05, 0) is 31.4 Å². The number of carbonyl (C=O) groups excluding carboxylic acids is 2. The first-order chi connectivity index (χ1) is 14.6. The summed E-state index contributed by atoms with van der Waals surface area (Å²) in [6.07, 6.45) is 15.5. The van der Waals surface area contributed by atoms with Crippen molar-refractivity contribution in [2.24, 2.45) is 5.41 Å². The monoisotopic (exact) mass is 433 g/mol. The Morgan fingerprint density at radius 2 is 1.73 bits per heavy atom. The third kappa shape index (κ3) is 5.57. The Balaban J connectivity index is 1.60. The fourth-order valence-electron chi connectivity index (χ4n) is 4.91. The van der Waals surface area contributed by atoms with Crippen LogP contribution < -0.4 is 10.1 Å². The molecule has 0 aromatic heterocycles. The molecule has 30 heavy (non-hydrogen) atoms. The Morgan fingerprint density at radius 3 is 2.43 bits per heavy atom. The van der Waals surface area contributed by atoms with Gasteiger partial charge in [-0.25, -0.2) is 0 Å². The Hall–Kier alpha value is -1.55. The minimum Gasteiger partial charge on any atom is -0.490 e. The molecule has 1 aliphatic carbocycles. The number of anilines is 1. The lowest BCUT2D eigenvalue weighted by atomic mass is 9.79. The van der Waals surface area contributed by atoms with E-state index in [1.807, 2.05) is 0 Å². The summed E-state index contributed by atoms with van der Waals surface area (Å²) in [5.41, 5.74) is 0.673. The molecule has 0 spiro atoms. The summed E-state index contributed by atoms with van der Waals surface area (Å²) in [6, 6.07) is 3.38. The average Bonchev–Trinajstić information content (AvgIpc) is 3.22. The van der Waals surface area contributed by atoms with Crippen molar-refractivity contribution in [1.82, 2.24) is 0 Å². The minimum absolute atomic E-state index is 0.0398. The van der Waals surface area contributed by atoms with Crippen molar-refractivity contribution in [3.63, 3.8) is 0 Å². The number of carbonyl (C=O) groups is 2. The van der Waals surface area contributed by atoms with Crippen LogP contribution >= 0.6 is 11.6 Å². The molecule has 1 aliphatic heterocycles. The van der Waals surface area contributed by atoms with E-state index in [0.717, 1.165) is 38.5 Å². The number of unbranched alkanes of at least 4 members (excludes halogenated alkanes) is 7. The van der Waals surface area contributed by atoms with Crippen LogP contribution in [-0.4, -0.2) is 18.3 Å². The molecule has 4 nitrogen and oxygen atoms in total. The highest BCUT2D eigenvalue weighted by Crippen LogP contribution is 2.45. The zero-order valence-corrected chi connectivity index (χ0v) is 19.1. The molecule has 0 radical (unpaired) electrons. The summed E-state index contributed by atoms with van der Waals surface area (Å²) in [5, 5.41) is 3.50. The van der Waals surface area contributed by atoms with Crippen LogP contribution in [0.3, 0.4) is 0 Å². The van der Waals surface area contributed by atoms with Crippen molar-refractivity contribution in [2.75, 3.05) is 11.9 Å². The topological polar surface area (TPSA) is 55.4 Å². The number of fused-ring (bicyclic) bond motifs is 1. The summed E-state index contributed by atoms with van der Waals surface area (Å²) >= 11 is 6.40. The molecule has 0 saturated heterocycles. The van der Waals surface area contributed by atoms with Gasteiger partial charge in [0, 0.05) is 11.8 Å². The first kappa shape index (κ1) is 23.1. The molecule has 1 N–H and O–H groups in total. The molecule has 1 aromatic carbocycles. The number of rotatable bonds is 11. The molecule has 1 aromatic rings. The number of halogens is 1. The van der Waals surface area contributed by atoms with Gasteiger partial charge in [0.1, 0.15) is 5.69 Å². The van der Waals surface area contributed by atoms with Crippen LogP contribution in [0, 0.1) is 5.41 Å². The molecule has 1 heterocycles. The van der Waals surface area contributed by atoms with Gasteiger partial charge in [0.15, 0.2) is 11.5 Å². The lowest BCUT2D eigenvalue weighted by molar-refractivity contribution is -0.125. The number of benzene rings is 1. The zero-order valence-electron chi connectivity index (χ0n) is 18.4. The molecular formula is C25H36ClNO3. The van der Waals surface area contributed by atoms with E-state index in [0.29, 0.717) is 35.1 Å². The number of Topliss-reactive ketones (excluding diaryl/α,β-unsaturated/α-hetero) is 1. The first-order valence-electron chi connectivity index (χ1n) is 11.9. The number of ether oxygens (including phenoxy) is 1. The largest absolute Gasteiger partial charge is 0.490 e. The van der Waals surface area contributed by atoms with Crippen LogP contribution in [-0.2, 0) is 4.79 Å². The smallest absolute Gasteiger partial charge is 0.230 e. The molecule has 5 heteroatoms. The third-order valence-electron chi connectivity index (χ3n) is 6.77. The Kier molecular flexibility index (Phi) is 8.61. The van der Waals surface area contributed by atoms with Crippen LogP contribution in [0.25, 0.3) is 0 Å². The van der Waals surface area contributed by atoms with E-state index in [-0.39, 0.29) is 17.1 Å². The SMILES string of the molecule is CCCCCCCCCCC1(C(=O)Nc2c(Cl)ccc3c2OCCC3=O)CCCC1. The van der Waals surface area contributed by atoms with Crippen LogP contribution in [0.1, 0.15) is 107 Å². The van der Waals surface area contributed by atoms with Gasteiger partial charge in [0.2, 0.25) is 5.91 Å². The lowest BCUT2D eigenvalue weighted by Crippen LogP contribution is -2.34. The molecule has 1 fully saturated rings. The normalized spacial score (nSPS) is 17.5. The lowest BCUT2D eigenvalue weighted by Gasteiger charge is -2.29. The van der Waals surface area contributed by atoms with Crippen molar-refractivity contribution in [3.8, 4) is 5.75 Å². The van der Waals surface area contributed by atoms with Gasteiger partial charge in [0.25, 0.3) is 0 Å². The predicted octanol–water partition coefficient (Wildman–Crippen LogP) is 7.33. The predicted molar refractivity (Wildman–Crippen MR) is 123 cm³/mol. The van der Waals surface area contributed by atoms with Crippen LogP contribution in [0.2, 0.25) is 5.02 Å².